The van der Waals surface area contributed by atoms with E-state index in [1.165, 1.54) is 0 Å². The molecule has 0 aliphatic carbocycles. The molecule has 4 nitrogen and oxygen atoms in total. The van der Waals surface area contributed by atoms with Gasteiger partial charge in [-0.2, -0.15) is 0 Å². The Bertz CT molecular complexity index is 599. The fraction of sp³-hybridized carbons (Fsp3) is 0.467. The molecule has 4 heteroatoms. The van der Waals surface area contributed by atoms with Crippen molar-refractivity contribution in [2.24, 2.45) is 13.0 Å². The molecule has 1 aromatic heterocycles. The van der Waals surface area contributed by atoms with Gasteiger partial charge in [0, 0.05) is 25.6 Å². The number of benzene rings is 1. The van der Waals surface area contributed by atoms with Crippen molar-refractivity contribution in [1.82, 2.24) is 14.9 Å². The molecule has 102 valence electrons. The third-order valence-corrected chi connectivity index (χ3v) is 3.22. The average molecular weight is 259 g/mol. The lowest BCUT2D eigenvalue weighted by atomic mass is 10.1. The first-order chi connectivity index (χ1) is 9.02. The van der Waals surface area contributed by atoms with Crippen LogP contribution in [0.4, 0.5) is 0 Å². The zero-order valence-electron chi connectivity index (χ0n) is 12.0. The summed E-state index contributed by atoms with van der Waals surface area (Å²) in [5.41, 5.74) is 2.63. The topological polar surface area (TPSA) is 46.9 Å². The smallest absolute Gasteiger partial charge is 0.251 e. The normalized spacial score (nSPS) is 11.2. The van der Waals surface area contributed by atoms with Gasteiger partial charge in [0.2, 0.25) is 0 Å². The number of carbonyl (C=O) groups excluding carboxylic acids is 1. The van der Waals surface area contributed by atoms with Crippen molar-refractivity contribution in [3.63, 3.8) is 0 Å². The Morgan fingerprint density at radius 3 is 2.79 bits per heavy atom. The maximum Gasteiger partial charge on any atom is 0.251 e. The predicted molar refractivity (Wildman–Crippen MR) is 77.3 cm³/mol. The van der Waals surface area contributed by atoms with E-state index < -0.39 is 0 Å². The van der Waals surface area contributed by atoms with Gasteiger partial charge < -0.3 is 9.88 Å². The van der Waals surface area contributed by atoms with Gasteiger partial charge in [0.15, 0.2) is 0 Å². The highest BCUT2D eigenvalue weighted by molar-refractivity contribution is 5.97. The Hall–Kier alpha value is -1.84. The standard InChI is InChI=1S/C15H21N3O/c1-5-14-17-12-8-11(6-7-13(12)18(14)4)15(19)16-9-10(2)3/h6-8,10H,5,9H2,1-4H3,(H,16,19). The predicted octanol–water partition coefficient (Wildman–Crippen LogP) is 2.52. The molecule has 19 heavy (non-hydrogen) atoms. The van der Waals surface area contributed by atoms with Gasteiger partial charge in [0.1, 0.15) is 5.82 Å². The number of hydrogen-bond acceptors (Lipinski definition) is 2. The first-order valence-corrected chi connectivity index (χ1v) is 6.76. The minimum atomic E-state index is -0.0284. The molecular weight excluding hydrogens is 238 g/mol. The number of amides is 1. The molecule has 2 rings (SSSR count). The number of aromatic nitrogens is 2. The highest BCUT2D eigenvalue weighted by atomic mass is 16.1. The Balaban J connectivity index is 2.28. The van der Waals surface area contributed by atoms with Crippen LogP contribution in [0.5, 0.6) is 0 Å². The molecule has 0 unspecified atom stereocenters. The molecule has 0 spiro atoms. The summed E-state index contributed by atoms with van der Waals surface area (Å²) in [6.07, 6.45) is 0.889. The SMILES string of the molecule is CCc1nc2cc(C(=O)NCC(C)C)ccc2n1C. The molecule has 0 atom stereocenters. The van der Waals surface area contributed by atoms with Crippen molar-refractivity contribution in [3.05, 3.63) is 29.6 Å². The Labute approximate surface area is 113 Å². The highest BCUT2D eigenvalue weighted by Crippen LogP contribution is 2.17. The Kier molecular flexibility index (Phi) is 3.88. The van der Waals surface area contributed by atoms with Gasteiger partial charge in [0.25, 0.3) is 5.91 Å². The van der Waals surface area contributed by atoms with Crippen molar-refractivity contribution in [2.75, 3.05) is 6.54 Å². The van der Waals surface area contributed by atoms with E-state index in [4.69, 9.17) is 0 Å². The van der Waals surface area contributed by atoms with E-state index in [1.54, 1.807) is 0 Å². The number of carbonyl (C=O) groups is 1. The molecule has 0 saturated carbocycles. The van der Waals surface area contributed by atoms with Gasteiger partial charge in [-0.05, 0) is 24.1 Å². The van der Waals surface area contributed by atoms with Crippen molar-refractivity contribution < 1.29 is 4.79 Å². The van der Waals surface area contributed by atoms with E-state index in [9.17, 15) is 4.79 Å². The van der Waals surface area contributed by atoms with Gasteiger partial charge in [-0.25, -0.2) is 4.98 Å². The zero-order chi connectivity index (χ0) is 14.0. The third-order valence-electron chi connectivity index (χ3n) is 3.22. The van der Waals surface area contributed by atoms with Crippen molar-refractivity contribution >= 4 is 16.9 Å². The summed E-state index contributed by atoms with van der Waals surface area (Å²) in [6, 6.07) is 5.69. The third kappa shape index (κ3) is 2.78. The first-order valence-electron chi connectivity index (χ1n) is 6.76. The van der Waals surface area contributed by atoms with E-state index in [2.05, 4.69) is 35.6 Å². The number of imidazole rings is 1. The van der Waals surface area contributed by atoms with Crippen LogP contribution in [0.2, 0.25) is 0 Å². The van der Waals surface area contributed by atoms with E-state index in [0.29, 0.717) is 18.0 Å². The molecule has 0 saturated heterocycles. The fourth-order valence-electron chi connectivity index (χ4n) is 2.11. The summed E-state index contributed by atoms with van der Waals surface area (Å²) in [5.74, 6) is 1.46. The van der Waals surface area contributed by atoms with E-state index in [-0.39, 0.29) is 5.91 Å². The van der Waals surface area contributed by atoms with Crippen LogP contribution in [0.15, 0.2) is 18.2 Å². The molecule has 0 aliphatic heterocycles. The maximum atomic E-state index is 12.0. The van der Waals surface area contributed by atoms with Gasteiger partial charge in [-0.15, -0.1) is 0 Å². The second kappa shape index (κ2) is 5.43. The van der Waals surface area contributed by atoms with Crippen LogP contribution >= 0.6 is 0 Å². The molecule has 1 amide bonds. The van der Waals surface area contributed by atoms with Crippen LogP contribution in [0, 0.1) is 5.92 Å². The van der Waals surface area contributed by atoms with Crippen LogP contribution < -0.4 is 5.32 Å². The molecule has 0 fully saturated rings. The number of rotatable bonds is 4. The maximum absolute atomic E-state index is 12.0. The van der Waals surface area contributed by atoms with Crippen LogP contribution in [-0.4, -0.2) is 22.0 Å². The van der Waals surface area contributed by atoms with Crippen molar-refractivity contribution in [1.29, 1.82) is 0 Å². The molecule has 1 N–H and O–H groups in total. The summed E-state index contributed by atoms with van der Waals surface area (Å²) in [7, 11) is 2.01. The summed E-state index contributed by atoms with van der Waals surface area (Å²) in [5, 5.41) is 2.92. The highest BCUT2D eigenvalue weighted by Gasteiger charge is 2.10. The van der Waals surface area contributed by atoms with E-state index >= 15 is 0 Å². The van der Waals surface area contributed by atoms with Crippen LogP contribution in [0.3, 0.4) is 0 Å². The monoisotopic (exact) mass is 259 g/mol. The summed E-state index contributed by atoms with van der Waals surface area (Å²) in [6.45, 7) is 6.93. The second-order valence-corrected chi connectivity index (χ2v) is 5.25. The van der Waals surface area contributed by atoms with Crippen molar-refractivity contribution in [2.45, 2.75) is 27.2 Å². The Morgan fingerprint density at radius 1 is 1.42 bits per heavy atom. The molecule has 0 aliphatic rings. The summed E-state index contributed by atoms with van der Waals surface area (Å²) < 4.78 is 2.07. The quantitative estimate of drug-likeness (QED) is 0.917. The zero-order valence-corrected chi connectivity index (χ0v) is 12.0. The Morgan fingerprint density at radius 2 is 2.16 bits per heavy atom. The molecule has 1 heterocycles. The first kappa shape index (κ1) is 13.6. The van der Waals surface area contributed by atoms with Crippen LogP contribution in [-0.2, 0) is 13.5 Å². The number of nitrogens with one attached hydrogen (secondary N) is 1. The van der Waals surface area contributed by atoms with Crippen molar-refractivity contribution in [3.8, 4) is 0 Å². The lowest BCUT2D eigenvalue weighted by Gasteiger charge is -2.07. The molecule has 0 radical (unpaired) electrons. The minimum Gasteiger partial charge on any atom is -0.352 e. The summed E-state index contributed by atoms with van der Waals surface area (Å²) in [4.78, 5) is 16.6. The lowest BCUT2D eigenvalue weighted by molar-refractivity contribution is 0.0949. The number of hydrogen-bond donors (Lipinski definition) is 1. The largest absolute Gasteiger partial charge is 0.352 e. The molecule has 2 aromatic rings. The number of fused-ring (bicyclic) bond motifs is 1. The van der Waals surface area contributed by atoms with Gasteiger partial charge in [-0.1, -0.05) is 20.8 Å². The average Bonchev–Trinajstić information content (AvgIpc) is 2.72. The summed E-state index contributed by atoms with van der Waals surface area (Å²) >= 11 is 0. The van der Waals surface area contributed by atoms with E-state index in [0.717, 1.165) is 23.3 Å². The van der Waals surface area contributed by atoms with Crippen LogP contribution in [0.1, 0.15) is 37.0 Å². The molecule has 1 aromatic carbocycles. The molecular formula is C15H21N3O. The minimum absolute atomic E-state index is 0.0284. The van der Waals surface area contributed by atoms with E-state index in [1.807, 2.05) is 25.2 Å². The lowest BCUT2D eigenvalue weighted by Crippen LogP contribution is -2.27. The van der Waals surface area contributed by atoms with Gasteiger partial charge >= 0.3 is 0 Å². The van der Waals surface area contributed by atoms with Crippen LogP contribution in [0.25, 0.3) is 11.0 Å². The van der Waals surface area contributed by atoms with Gasteiger partial charge in [0.05, 0.1) is 11.0 Å². The second-order valence-electron chi connectivity index (χ2n) is 5.25. The number of nitrogens with zero attached hydrogens (tertiary/aromatic N) is 2. The van der Waals surface area contributed by atoms with Gasteiger partial charge in [-0.3, -0.25) is 4.79 Å². The fourth-order valence-corrected chi connectivity index (χ4v) is 2.11. The molecule has 0 bridgehead atoms. The number of aryl methyl sites for hydroxylation is 2.